The second-order valence-electron chi connectivity index (χ2n) is 3.88. The average molecular weight is 179 g/mol. The van der Waals surface area contributed by atoms with Crippen LogP contribution in [-0.4, -0.2) is 6.54 Å². The van der Waals surface area contributed by atoms with Crippen LogP contribution in [0.25, 0.3) is 0 Å². The zero-order chi connectivity index (χ0) is 10.5. The summed E-state index contributed by atoms with van der Waals surface area (Å²) in [5.74, 6) is 0. The number of nitrogens with two attached hydrogens (primary N) is 1. The summed E-state index contributed by atoms with van der Waals surface area (Å²) in [6.45, 7) is 12.8. The fourth-order valence-corrected chi connectivity index (χ4v) is 1.53. The molecule has 0 aliphatic carbocycles. The topological polar surface area (TPSA) is 26.0 Å². The predicted molar refractivity (Wildman–Crippen MR) is 60.5 cm³/mol. The molecule has 0 amide bonds. The molecule has 0 radical (unpaired) electrons. The van der Waals surface area contributed by atoms with E-state index in [1.807, 2.05) is 19.1 Å². The maximum atomic E-state index is 5.72. The highest BCUT2D eigenvalue weighted by Gasteiger charge is 2.21. The molecule has 74 valence electrons. The van der Waals surface area contributed by atoms with Gasteiger partial charge in [-0.15, -0.1) is 0 Å². The molecule has 0 bridgehead atoms. The number of hydrogen-bond acceptors (Lipinski definition) is 1. The SMILES string of the molecule is C=C/C=C(C)/C(=C\C)C(C)(C)CN. The summed E-state index contributed by atoms with van der Waals surface area (Å²) in [5, 5.41) is 0. The van der Waals surface area contributed by atoms with Crippen molar-refractivity contribution in [3.63, 3.8) is 0 Å². The predicted octanol–water partition coefficient (Wildman–Crippen LogP) is 3.05. The van der Waals surface area contributed by atoms with Gasteiger partial charge in [0.2, 0.25) is 0 Å². The van der Waals surface area contributed by atoms with E-state index in [-0.39, 0.29) is 5.41 Å². The van der Waals surface area contributed by atoms with Crippen molar-refractivity contribution in [3.8, 4) is 0 Å². The van der Waals surface area contributed by atoms with Crippen LogP contribution in [0.1, 0.15) is 27.7 Å². The van der Waals surface area contributed by atoms with Crippen molar-refractivity contribution in [1.82, 2.24) is 0 Å². The van der Waals surface area contributed by atoms with Gasteiger partial charge >= 0.3 is 0 Å². The first kappa shape index (κ1) is 12.2. The molecule has 0 saturated carbocycles. The van der Waals surface area contributed by atoms with E-state index in [1.54, 1.807) is 0 Å². The van der Waals surface area contributed by atoms with Crippen LogP contribution >= 0.6 is 0 Å². The van der Waals surface area contributed by atoms with Gasteiger partial charge in [-0.1, -0.05) is 38.7 Å². The quantitative estimate of drug-likeness (QED) is 0.659. The molecule has 0 aliphatic rings. The second kappa shape index (κ2) is 5.03. The highest BCUT2D eigenvalue weighted by molar-refractivity contribution is 5.36. The summed E-state index contributed by atoms with van der Waals surface area (Å²) in [6.07, 6.45) is 5.96. The molecular formula is C12H21N. The van der Waals surface area contributed by atoms with Crippen molar-refractivity contribution < 1.29 is 0 Å². The van der Waals surface area contributed by atoms with Gasteiger partial charge in [-0.05, 0) is 25.0 Å². The van der Waals surface area contributed by atoms with E-state index in [9.17, 15) is 0 Å². The molecular weight excluding hydrogens is 158 g/mol. The molecule has 0 saturated heterocycles. The van der Waals surface area contributed by atoms with E-state index in [2.05, 4.69) is 33.4 Å². The van der Waals surface area contributed by atoms with Crippen molar-refractivity contribution in [2.24, 2.45) is 11.1 Å². The lowest BCUT2D eigenvalue weighted by molar-refractivity contribution is 0.465. The highest BCUT2D eigenvalue weighted by Crippen LogP contribution is 2.30. The fraction of sp³-hybridized carbons (Fsp3) is 0.500. The van der Waals surface area contributed by atoms with Crippen LogP contribution in [0.4, 0.5) is 0 Å². The average Bonchev–Trinajstić information content (AvgIpc) is 2.05. The Morgan fingerprint density at radius 1 is 1.46 bits per heavy atom. The Morgan fingerprint density at radius 3 is 2.31 bits per heavy atom. The van der Waals surface area contributed by atoms with Crippen molar-refractivity contribution in [3.05, 3.63) is 36.0 Å². The molecule has 13 heavy (non-hydrogen) atoms. The summed E-state index contributed by atoms with van der Waals surface area (Å²) < 4.78 is 0. The molecule has 0 heterocycles. The molecule has 0 aromatic rings. The van der Waals surface area contributed by atoms with Crippen LogP contribution < -0.4 is 5.73 Å². The molecule has 0 aliphatic heterocycles. The normalized spacial score (nSPS) is 14.5. The van der Waals surface area contributed by atoms with Crippen LogP contribution in [0.2, 0.25) is 0 Å². The molecule has 0 unspecified atom stereocenters. The van der Waals surface area contributed by atoms with Gasteiger partial charge in [0.05, 0.1) is 0 Å². The highest BCUT2D eigenvalue weighted by atomic mass is 14.6. The fourth-order valence-electron chi connectivity index (χ4n) is 1.53. The monoisotopic (exact) mass is 179 g/mol. The van der Waals surface area contributed by atoms with Gasteiger partial charge in [0.25, 0.3) is 0 Å². The number of allylic oxidation sites excluding steroid dienone is 4. The zero-order valence-electron chi connectivity index (χ0n) is 9.22. The Morgan fingerprint density at radius 2 is 2.00 bits per heavy atom. The van der Waals surface area contributed by atoms with Crippen LogP contribution in [0.3, 0.4) is 0 Å². The first-order chi connectivity index (χ1) is 5.99. The van der Waals surface area contributed by atoms with Crippen molar-refractivity contribution >= 4 is 0 Å². The van der Waals surface area contributed by atoms with E-state index in [1.165, 1.54) is 11.1 Å². The van der Waals surface area contributed by atoms with Gasteiger partial charge in [-0.2, -0.15) is 0 Å². The van der Waals surface area contributed by atoms with Crippen molar-refractivity contribution in [2.75, 3.05) is 6.54 Å². The van der Waals surface area contributed by atoms with Gasteiger partial charge in [-0.25, -0.2) is 0 Å². The lowest BCUT2D eigenvalue weighted by Gasteiger charge is -2.27. The summed E-state index contributed by atoms with van der Waals surface area (Å²) in [6, 6.07) is 0. The van der Waals surface area contributed by atoms with E-state index < -0.39 is 0 Å². The van der Waals surface area contributed by atoms with E-state index in [0.717, 1.165) is 0 Å². The minimum absolute atomic E-state index is 0.0539. The third-order valence-electron chi connectivity index (χ3n) is 2.32. The Labute approximate surface area is 82.0 Å². The summed E-state index contributed by atoms with van der Waals surface area (Å²) in [4.78, 5) is 0. The maximum absolute atomic E-state index is 5.72. The van der Waals surface area contributed by atoms with E-state index >= 15 is 0 Å². The molecule has 0 aromatic carbocycles. The summed E-state index contributed by atoms with van der Waals surface area (Å²) in [5.41, 5.74) is 8.32. The molecule has 0 aromatic heterocycles. The van der Waals surface area contributed by atoms with Gasteiger partial charge in [0.15, 0.2) is 0 Å². The van der Waals surface area contributed by atoms with Crippen LogP contribution in [-0.2, 0) is 0 Å². The maximum Gasteiger partial charge on any atom is 0.00184 e. The Hall–Kier alpha value is -0.820. The number of hydrogen-bond donors (Lipinski definition) is 1. The Bertz CT molecular complexity index is 232. The van der Waals surface area contributed by atoms with Gasteiger partial charge < -0.3 is 5.73 Å². The summed E-state index contributed by atoms with van der Waals surface area (Å²) >= 11 is 0. The van der Waals surface area contributed by atoms with Gasteiger partial charge in [-0.3, -0.25) is 0 Å². The molecule has 0 spiro atoms. The standard InChI is InChI=1S/C12H21N/c1-6-8-10(3)11(7-2)12(4,5)9-13/h6-8H,1,9,13H2,2-5H3/b10-8+,11-7+. The van der Waals surface area contributed by atoms with Gasteiger partial charge in [0, 0.05) is 12.0 Å². The minimum Gasteiger partial charge on any atom is -0.330 e. The molecule has 1 nitrogen and oxygen atoms in total. The number of rotatable bonds is 4. The third kappa shape index (κ3) is 3.19. The smallest absolute Gasteiger partial charge is 0.00184 e. The van der Waals surface area contributed by atoms with Crippen molar-refractivity contribution in [2.45, 2.75) is 27.7 Å². The largest absolute Gasteiger partial charge is 0.330 e. The molecule has 2 N–H and O–H groups in total. The van der Waals surface area contributed by atoms with Crippen LogP contribution in [0.5, 0.6) is 0 Å². The summed E-state index contributed by atoms with van der Waals surface area (Å²) in [7, 11) is 0. The third-order valence-corrected chi connectivity index (χ3v) is 2.32. The first-order valence-electron chi connectivity index (χ1n) is 4.66. The second-order valence-corrected chi connectivity index (χ2v) is 3.88. The lowest BCUT2D eigenvalue weighted by atomic mass is 9.80. The lowest BCUT2D eigenvalue weighted by Crippen LogP contribution is -2.26. The van der Waals surface area contributed by atoms with E-state index in [0.29, 0.717) is 6.54 Å². The van der Waals surface area contributed by atoms with Crippen LogP contribution in [0, 0.1) is 5.41 Å². The Kier molecular flexibility index (Phi) is 4.71. The van der Waals surface area contributed by atoms with Gasteiger partial charge in [0.1, 0.15) is 0 Å². The molecule has 0 fully saturated rings. The first-order valence-corrected chi connectivity index (χ1v) is 4.66. The molecule has 0 rings (SSSR count). The van der Waals surface area contributed by atoms with Crippen molar-refractivity contribution in [1.29, 1.82) is 0 Å². The molecule has 1 heteroatoms. The minimum atomic E-state index is 0.0539. The van der Waals surface area contributed by atoms with E-state index in [4.69, 9.17) is 5.73 Å². The Balaban J connectivity index is 4.93. The van der Waals surface area contributed by atoms with Crippen LogP contribution in [0.15, 0.2) is 36.0 Å². The molecule has 0 atom stereocenters. The zero-order valence-corrected chi connectivity index (χ0v) is 9.22.